The summed E-state index contributed by atoms with van der Waals surface area (Å²) in [6.45, 7) is 2.38. The first-order chi connectivity index (χ1) is 4.77. The summed E-state index contributed by atoms with van der Waals surface area (Å²) in [7, 11) is 0. The molecule has 1 aliphatic rings. The van der Waals surface area contributed by atoms with Crippen molar-refractivity contribution in [1.29, 1.82) is 5.26 Å². The Balaban J connectivity index is 2.51. The number of nitriles is 1. The number of halogens is 1. The Kier molecular flexibility index (Phi) is 2.10. The third-order valence-corrected chi connectivity index (χ3v) is 1.93. The summed E-state index contributed by atoms with van der Waals surface area (Å²) in [5.41, 5.74) is 0. The van der Waals surface area contributed by atoms with Crippen molar-refractivity contribution >= 4 is 0 Å². The van der Waals surface area contributed by atoms with Gasteiger partial charge in [0.05, 0.1) is 6.04 Å². The Hall–Kier alpha value is -0.780. The van der Waals surface area contributed by atoms with Crippen molar-refractivity contribution in [1.82, 2.24) is 4.90 Å². The van der Waals surface area contributed by atoms with E-state index in [0.717, 1.165) is 13.0 Å². The molecule has 0 aliphatic carbocycles. The number of rotatable bonds is 1. The van der Waals surface area contributed by atoms with Crippen molar-refractivity contribution in [2.75, 3.05) is 13.2 Å². The van der Waals surface area contributed by atoms with E-state index in [4.69, 9.17) is 5.26 Å². The Bertz CT molecular complexity index is 152. The summed E-state index contributed by atoms with van der Waals surface area (Å²) < 4.78 is 12.1. The molecule has 0 N–H and O–H groups in total. The molecule has 0 spiro atoms. The van der Waals surface area contributed by atoms with Gasteiger partial charge in [-0.2, -0.15) is 5.26 Å². The minimum absolute atomic E-state index is 0.139. The van der Waals surface area contributed by atoms with Crippen LogP contribution in [0.2, 0.25) is 0 Å². The van der Waals surface area contributed by atoms with E-state index in [1.165, 1.54) is 4.90 Å². The van der Waals surface area contributed by atoms with Crippen LogP contribution < -0.4 is 0 Å². The normalized spacial score (nSPS) is 32.3. The van der Waals surface area contributed by atoms with Crippen molar-refractivity contribution in [3.8, 4) is 6.19 Å². The van der Waals surface area contributed by atoms with Crippen molar-refractivity contribution in [3.63, 3.8) is 0 Å². The van der Waals surface area contributed by atoms with Crippen LogP contribution in [-0.2, 0) is 0 Å². The van der Waals surface area contributed by atoms with E-state index in [1.807, 2.05) is 13.1 Å². The van der Waals surface area contributed by atoms with Crippen LogP contribution >= 0.6 is 0 Å². The SMILES string of the molecule is CC1CC(CF)N(C#N)C1. The zero-order chi connectivity index (χ0) is 7.56. The highest BCUT2D eigenvalue weighted by atomic mass is 19.1. The average Bonchev–Trinajstić information content (AvgIpc) is 2.30. The average molecular weight is 142 g/mol. The van der Waals surface area contributed by atoms with Gasteiger partial charge >= 0.3 is 0 Å². The molecule has 1 heterocycles. The van der Waals surface area contributed by atoms with Crippen LogP contribution in [0.3, 0.4) is 0 Å². The molecule has 0 aromatic heterocycles. The summed E-state index contributed by atoms with van der Waals surface area (Å²) in [5.74, 6) is 0.473. The highest BCUT2D eigenvalue weighted by Gasteiger charge is 2.28. The van der Waals surface area contributed by atoms with Crippen LogP contribution in [0.25, 0.3) is 0 Å². The third-order valence-electron chi connectivity index (χ3n) is 1.93. The molecule has 0 amide bonds. The molecule has 0 aromatic carbocycles. The summed E-state index contributed by atoms with van der Waals surface area (Å²) >= 11 is 0. The first kappa shape index (κ1) is 7.33. The van der Waals surface area contributed by atoms with E-state index < -0.39 is 6.67 Å². The van der Waals surface area contributed by atoms with Crippen molar-refractivity contribution in [2.45, 2.75) is 19.4 Å². The monoisotopic (exact) mass is 142 g/mol. The molecule has 1 aliphatic heterocycles. The van der Waals surface area contributed by atoms with Gasteiger partial charge in [-0.15, -0.1) is 0 Å². The second-order valence-electron chi connectivity index (χ2n) is 2.90. The van der Waals surface area contributed by atoms with Gasteiger partial charge in [0.2, 0.25) is 0 Å². The topological polar surface area (TPSA) is 27.0 Å². The Morgan fingerprint density at radius 1 is 1.80 bits per heavy atom. The van der Waals surface area contributed by atoms with E-state index in [1.54, 1.807) is 0 Å². The minimum Gasteiger partial charge on any atom is -0.305 e. The van der Waals surface area contributed by atoms with E-state index in [9.17, 15) is 4.39 Å². The zero-order valence-corrected chi connectivity index (χ0v) is 6.05. The fourth-order valence-electron chi connectivity index (χ4n) is 1.42. The van der Waals surface area contributed by atoms with Gasteiger partial charge in [0.1, 0.15) is 6.67 Å². The lowest BCUT2D eigenvalue weighted by molar-refractivity contribution is 0.291. The molecule has 3 heteroatoms. The van der Waals surface area contributed by atoms with Gasteiger partial charge in [-0.3, -0.25) is 0 Å². The predicted octanol–water partition coefficient (Wildman–Crippen LogP) is 1.15. The molecule has 0 aromatic rings. The first-order valence-corrected chi connectivity index (χ1v) is 3.50. The van der Waals surface area contributed by atoms with Crippen molar-refractivity contribution < 1.29 is 4.39 Å². The van der Waals surface area contributed by atoms with Crippen LogP contribution in [0.5, 0.6) is 0 Å². The number of hydrogen-bond donors (Lipinski definition) is 0. The molecule has 0 radical (unpaired) electrons. The lowest BCUT2D eigenvalue weighted by Gasteiger charge is -2.12. The van der Waals surface area contributed by atoms with Crippen LogP contribution in [0.15, 0.2) is 0 Å². The molecule has 2 nitrogen and oxygen atoms in total. The van der Waals surface area contributed by atoms with E-state index >= 15 is 0 Å². The number of alkyl halides is 1. The number of nitrogens with zero attached hydrogens (tertiary/aromatic N) is 2. The fraction of sp³-hybridized carbons (Fsp3) is 0.857. The summed E-state index contributed by atoms with van der Waals surface area (Å²) in [4.78, 5) is 1.53. The molecule has 1 rings (SSSR count). The van der Waals surface area contributed by atoms with E-state index in [-0.39, 0.29) is 6.04 Å². The molecule has 2 unspecified atom stereocenters. The standard InChI is InChI=1S/C7H11FN2/c1-6-2-7(3-8)10(4-6)5-9/h6-7H,2-4H2,1H3. The summed E-state index contributed by atoms with van der Waals surface area (Å²) in [6.07, 6.45) is 2.81. The Labute approximate surface area is 60.2 Å². The smallest absolute Gasteiger partial charge is 0.179 e. The van der Waals surface area contributed by atoms with Gasteiger partial charge in [0, 0.05) is 6.54 Å². The van der Waals surface area contributed by atoms with Crippen LogP contribution in [0.4, 0.5) is 4.39 Å². The third kappa shape index (κ3) is 1.21. The van der Waals surface area contributed by atoms with Gasteiger partial charge in [0.15, 0.2) is 6.19 Å². The lowest BCUT2D eigenvalue weighted by Crippen LogP contribution is -2.25. The van der Waals surface area contributed by atoms with Crippen LogP contribution in [0.1, 0.15) is 13.3 Å². The summed E-state index contributed by atoms with van der Waals surface area (Å²) in [5, 5.41) is 8.49. The largest absolute Gasteiger partial charge is 0.305 e. The fourth-order valence-corrected chi connectivity index (χ4v) is 1.42. The molecule has 1 saturated heterocycles. The van der Waals surface area contributed by atoms with Crippen molar-refractivity contribution in [2.24, 2.45) is 5.92 Å². The molecule has 2 atom stereocenters. The first-order valence-electron chi connectivity index (χ1n) is 3.50. The van der Waals surface area contributed by atoms with Gasteiger partial charge in [-0.25, -0.2) is 4.39 Å². The minimum atomic E-state index is -0.391. The molecular weight excluding hydrogens is 131 g/mol. The zero-order valence-electron chi connectivity index (χ0n) is 6.05. The van der Waals surface area contributed by atoms with E-state index in [2.05, 4.69) is 0 Å². The van der Waals surface area contributed by atoms with Crippen molar-refractivity contribution in [3.05, 3.63) is 0 Å². The maximum Gasteiger partial charge on any atom is 0.179 e. The molecular formula is C7H11FN2. The molecule has 56 valence electrons. The quantitative estimate of drug-likeness (QED) is 0.513. The predicted molar refractivity (Wildman–Crippen MR) is 35.9 cm³/mol. The summed E-state index contributed by atoms with van der Waals surface area (Å²) in [6, 6.07) is -0.139. The maximum absolute atomic E-state index is 12.1. The van der Waals surface area contributed by atoms with E-state index in [0.29, 0.717) is 5.92 Å². The number of likely N-dealkylation sites (tertiary alicyclic amines) is 1. The second kappa shape index (κ2) is 2.87. The highest BCUT2D eigenvalue weighted by molar-refractivity contribution is 4.90. The van der Waals surface area contributed by atoms with Gasteiger partial charge in [-0.05, 0) is 12.3 Å². The van der Waals surface area contributed by atoms with Crippen LogP contribution in [0, 0.1) is 17.4 Å². The maximum atomic E-state index is 12.1. The van der Waals surface area contributed by atoms with Crippen LogP contribution in [-0.4, -0.2) is 24.2 Å². The Morgan fingerprint density at radius 3 is 2.90 bits per heavy atom. The second-order valence-corrected chi connectivity index (χ2v) is 2.90. The van der Waals surface area contributed by atoms with Gasteiger partial charge in [-0.1, -0.05) is 6.92 Å². The molecule has 1 fully saturated rings. The Morgan fingerprint density at radius 2 is 2.50 bits per heavy atom. The molecule has 0 bridgehead atoms. The van der Waals surface area contributed by atoms with Gasteiger partial charge < -0.3 is 4.90 Å². The number of hydrogen-bond acceptors (Lipinski definition) is 2. The molecule has 0 saturated carbocycles. The molecule has 10 heavy (non-hydrogen) atoms. The lowest BCUT2D eigenvalue weighted by atomic mass is 10.1. The van der Waals surface area contributed by atoms with Gasteiger partial charge in [0.25, 0.3) is 0 Å². The highest BCUT2D eigenvalue weighted by Crippen LogP contribution is 2.21.